The van der Waals surface area contributed by atoms with E-state index in [1.165, 1.54) is 12.1 Å². The fourth-order valence-electron chi connectivity index (χ4n) is 4.26. The first-order valence-corrected chi connectivity index (χ1v) is 10.3. The third kappa shape index (κ3) is 4.27. The van der Waals surface area contributed by atoms with Crippen molar-refractivity contribution < 1.29 is 13.7 Å². The largest absolute Gasteiger partial charge is 0.361 e. The van der Waals surface area contributed by atoms with Crippen LogP contribution in [-0.4, -0.2) is 27.5 Å². The van der Waals surface area contributed by atoms with E-state index in [2.05, 4.69) is 17.3 Å². The van der Waals surface area contributed by atoms with Gasteiger partial charge in [-0.1, -0.05) is 17.3 Å². The Morgan fingerprint density at radius 1 is 1.17 bits per heavy atom. The molecule has 0 spiro atoms. The number of aromatic nitrogens is 2. The SMILES string of the molecule is Cc1cc(Cc2ccc(F)cc2)cc([C@H]2CCCN2C(=O)Cc2c(C)noc2C)n1. The smallest absolute Gasteiger partial charge is 0.227 e. The third-order valence-corrected chi connectivity index (χ3v) is 5.78. The molecule has 0 bridgehead atoms. The maximum Gasteiger partial charge on any atom is 0.227 e. The monoisotopic (exact) mass is 407 g/mol. The number of likely N-dealkylation sites (tertiary alicyclic amines) is 1. The molecule has 0 aliphatic carbocycles. The fourth-order valence-corrected chi connectivity index (χ4v) is 4.26. The number of pyridine rings is 1. The van der Waals surface area contributed by atoms with Crippen LogP contribution in [0.25, 0.3) is 0 Å². The molecule has 5 nitrogen and oxygen atoms in total. The Kier molecular flexibility index (Phi) is 5.66. The summed E-state index contributed by atoms with van der Waals surface area (Å²) >= 11 is 0. The minimum Gasteiger partial charge on any atom is -0.361 e. The molecule has 0 unspecified atom stereocenters. The van der Waals surface area contributed by atoms with Crippen molar-refractivity contribution in [3.8, 4) is 0 Å². The Labute approximate surface area is 175 Å². The maximum atomic E-state index is 13.2. The van der Waals surface area contributed by atoms with Crippen LogP contribution in [0.5, 0.6) is 0 Å². The quantitative estimate of drug-likeness (QED) is 0.619. The Hall–Kier alpha value is -3.02. The number of hydrogen-bond acceptors (Lipinski definition) is 4. The minimum absolute atomic E-state index is 0.0233. The van der Waals surface area contributed by atoms with E-state index in [0.717, 1.165) is 53.2 Å². The summed E-state index contributed by atoms with van der Waals surface area (Å²) in [6.07, 6.45) is 2.86. The number of carbonyl (C=O) groups excluding carboxylic acids is 1. The predicted octanol–water partition coefficient (Wildman–Crippen LogP) is 4.63. The zero-order valence-electron chi connectivity index (χ0n) is 17.6. The van der Waals surface area contributed by atoms with Crippen LogP contribution in [0.1, 0.15) is 58.4 Å². The molecule has 0 saturated carbocycles. The van der Waals surface area contributed by atoms with Crippen molar-refractivity contribution in [3.63, 3.8) is 0 Å². The van der Waals surface area contributed by atoms with E-state index in [1.807, 2.05) is 25.7 Å². The lowest BCUT2D eigenvalue weighted by atomic mass is 10.0. The van der Waals surface area contributed by atoms with Gasteiger partial charge in [0.25, 0.3) is 0 Å². The van der Waals surface area contributed by atoms with Gasteiger partial charge in [-0.2, -0.15) is 0 Å². The van der Waals surface area contributed by atoms with Crippen molar-refractivity contribution in [2.45, 2.75) is 52.5 Å². The van der Waals surface area contributed by atoms with Crippen molar-refractivity contribution in [2.24, 2.45) is 0 Å². The van der Waals surface area contributed by atoms with Gasteiger partial charge < -0.3 is 9.42 Å². The van der Waals surface area contributed by atoms with Gasteiger partial charge in [0, 0.05) is 17.8 Å². The maximum absolute atomic E-state index is 13.2. The number of amides is 1. The van der Waals surface area contributed by atoms with Crippen molar-refractivity contribution in [3.05, 3.63) is 81.7 Å². The van der Waals surface area contributed by atoms with Gasteiger partial charge in [0.15, 0.2) is 0 Å². The van der Waals surface area contributed by atoms with Crippen LogP contribution >= 0.6 is 0 Å². The number of aryl methyl sites for hydroxylation is 3. The summed E-state index contributed by atoms with van der Waals surface area (Å²) < 4.78 is 18.4. The summed E-state index contributed by atoms with van der Waals surface area (Å²) in [6.45, 7) is 6.41. The van der Waals surface area contributed by atoms with Crippen molar-refractivity contribution >= 4 is 5.91 Å². The Morgan fingerprint density at radius 3 is 2.63 bits per heavy atom. The number of hydrogen-bond donors (Lipinski definition) is 0. The second-order valence-corrected chi connectivity index (χ2v) is 8.07. The van der Waals surface area contributed by atoms with E-state index in [9.17, 15) is 9.18 Å². The summed E-state index contributed by atoms with van der Waals surface area (Å²) in [5, 5.41) is 3.96. The average Bonchev–Trinajstić information content (AvgIpc) is 3.32. The lowest BCUT2D eigenvalue weighted by Gasteiger charge is -2.25. The summed E-state index contributed by atoms with van der Waals surface area (Å²) in [4.78, 5) is 19.8. The molecule has 30 heavy (non-hydrogen) atoms. The Bertz CT molecular complexity index is 1040. The molecule has 1 aliphatic heterocycles. The predicted molar refractivity (Wildman–Crippen MR) is 112 cm³/mol. The molecule has 3 aromatic rings. The lowest BCUT2D eigenvalue weighted by Crippen LogP contribution is -2.32. The summed E-state index contributed by atoms with van der Waals surface area (Å²) in [5.74, 6) is 0.547. The highest BCUT2D eigenvalue weighted by atomic mass is 19.1. The summed E-state index contributed by atoms with van der Waals surface area (Å²) in [7, 11) is 0. The van der Waals surface area contributed by atoms with Crippen LogP contribution in [0, 0.1) is 26.6 Å². The first kappa shape index (κ1) is 20.3. The highest BCUT2D eigenvalue weighted by Crippen LogP contribution is 2.32. The van der Waals surface area contributed by atoms with Crippen molar-refractivity contribution in [1.29, 1.82) is 0 Å². The Morgan fingerprint density at radius 2 is 1.93 bits per heavy atom. The number of rotatable bonds is 5. The molecule has 156 valence electrons. The van der Waals surface area contributed by atoms with Gasteiger partial charge in [-0.05, 0) is 75.4 Å². The molecule has 0 radical (unpaired) electrons. The molecule has 1 amide bonds. The highest BCUT2D eigenvalue weighted by molar-refractivity contribution is 5.80. The van der Waals surface area contributed by atoms with Gasteiger partial charge >= 0.3 is 0 Å². The van der Waals surface area contributed by atoms with Crippen molar-refractivity contribution in [2.75, 3.05) is 6.54 Å². The molecule has 6 heteroatoms. The molecule has 0 N–H and O–H groups in total. The van der Waals surface area contributed by atoms with E-state index >= 15 is 0 Å². The summed E-state index contributed by atoms with van der Waals surface area (Å²) in [5.41, 5.74) is 5.66. The first-order valence-electron chi connectivity index (χ1n) is 10.3. The van der Waals surface area contributed by atoms with Crippen molar-refractivity contribution in [1.82, 2.24) is 15.0 Å². The van der Waals surface area contributed by atoms with E-state index in [0.29, 0.717) is 18.6 Å². The zero-order valence-corrected chi connectivity index (χ0v) is 17.6. The zero-order chi connectivity index (χ0) is 21.3. The number of benzene rings is 1. The second-order valence-electron chi connectivity index (χ2n) is 8.07. The molecule has 4 rings (SSSR count). The molecule has 1 fully saturated rings. The number of halogens is 1. The van der Waals surface area contributed by atoms with Gasteiger partial charge in [-0.3, -0.25) is 9.78 Å². The normalized spacial score (nSPS) is 16.3. The number of nitrogens with zero attached hydrogens (tertiary/aromatic N) is 3. The topological polar surface area (TPSA) is 59.2 Å². The Balaban J connectivity index is 1.55. The van der Waals surface area contributed by atoms with E-state index in [-0.39, 0.29) is 17.8 Å². The van der Waals surface area contributed by atoms with E-state index < -0.39 is 0 Å². The molecule has 1 aliphatic rings. The first-order chi connectivity index (χ1) is 14.4. The number of carbonyl (C=O) groups is 1. The minimum atomic E-state index is -0.233. The van der Waals surface area contributed by atoms with Crippen LogP contribution in [0.15, 0.2) is 40.9 Å². The molecular formula is C24H26FN3O2. The van der Waals surface area contributed by atoms with Crippen LogP contribution < -0.4 is 0 Å². The van der Waals surface area contributed by atoms with E-state index in [1.54, 1.807) is 12.1 Å². The molecule has 2 aromatic heterocycles. The van der Waals surface area contributed by atoms with Crippen LogP contribution in [0.2, 0.25) is 0 Å². The van der Waals surface area contributed by atoms with Gasteiger partial charge in [-0.15, -0.1) is 0 Å². The molecule has 1 saturated heterocycles. The van der Waals surface area contributed by atoms with Crippen LogP contribution in [0.3, 0.4) is 0 Å². The van der Waals surface area contributed by atoms with E-state index in [4.69, 9.17) is 9.51 Å². The van der Waals surface area contributed by atoms with Crippen LogP contribution in [-0.2, 0) is 17.6 Å². The molecule has 1 atom stereocenters. The van der Waals surface area contributed by atoms with Gasteiger partial charge in [0.2, 0.25) is 5.91 Å². The summed E-state index contributed by atoms with van der Waals surface area (Å²) in [6, 6.07) is 10.7. The molecule has 1 aromatic carbocycles. The van der Waals surface area contributed by atoms with Gasteiger partial charge in [-0.25, -0.2) is 4.39 Å². The van der Waals surface area contributed by atoms with Gasteiger partial charge in [0.1, 0.15) is 11.6 Å². The molecule has 3 heterocycles. The average molecular weight is 407 g/mol. The molecular weight excluding hydrogens is 381 g/mol. The fraction of sp³-hybridized carbons (Fsp3) is 0.375. The standard InChI is InChI=1S/C24H26FN3O2/c1-15-11-19(12-18-6-8-20(25)9-7-18)13-22(26-15)23-5-4-10-28(23)24(29)14-21-16(2)27-30-17(21)3/h6-9,11,13,23H,4-5,10,12,14H2,1-3H3/t23-/m1/s1. The lowest BCUT2D eigenvalue weighted by molar-refractivity contribution is -0.131. The highest BCUT2D eigenvalue weighted by Gasteiger charge is 2.32. The third-order valence-electron chi connectivity index (χ3n) is 5.78. The second kappa shape index (κ2) is 8.38. The van der Waals surface area contributed by atoms with Crippen LogP contribution in [0.4, 0.5) is 4.39 Å². The van der Waals surface area contributed by atoms with Gasteiger partial charge in [0.05, 0.1) is 23.9 Å².